The summed E-state index contributed by atoms with van der Waals surface area (Å²) in [5.41, 5.74) is 4.61. The fourth-order valence-corrected chi connectivity index (χ4v) is 10.2. The molecule has 2 atom stereocenters. The third-order valence-corrected chi connectivity index (χ3v) is 14.2. The Labute approximate surface area is 517 Å². The van der Waals surface area contributed by atoms with Crippen LogP contribution in [0.4, 0.5) is 39.0 Å². The van der Waals surface area contributed by atoms with Gasteiger partial charge in [-0.25, -0.2) is 9.38 Å². The number of aliphatic carboxylic acids is 1. The third-order valence-electron chi connectivity index (χ3n) is 12.0. The maximum atomic E-state index is 14.5. The number of carboxylic acid groups (broad SMARTS) is 1. The summed E-state index contributed by atoms with van der Waals surface area (Å²) in [6.07, 6.45) is 6.50. The number of hydrogen-bond acceptors (Lipinski definition) is 17. The fraction of sp³-hybridized carbons (Fsp3) is 0.473. The summed E-state index contributed by atoms with van der Waals surface area (Å²) in [5.74, 6) is 3.03. The lowest BCUT2D eigenvalue weighted by Gasteiger charge is -2.35. The van der Waals surface area contributed by atoms with Gasteiger partial charge < -0.3 is 54.1 Å². The number of carbonyl (C=O) groups is 4. The van der Waals surface area contributed by atoms with Crippen molar-refractivity contribution in [1.29, 1.82) is 0 Å². The summed E-state index contributed by atoms with van der Waals surface area (Å²) >= 11 is 24.0. The number of nitrogens with one attached hydrogen (secondary N) is 3. The highest BCUT2D eigenvalue weighted by Crippen LogP contribution is 2.39. The van der Waals surface area contributed by atoms with Crippen molar-refractivity contribution in [2.24, 2.45) is 10.4 Å². The van der Waals surface area contributed by atoms with E-state index in [1.807, 2.05) is 82.5 Å². The highest BCUT2D eigenvalue weighted by molar-refractivity contribution is 7.51. The van der Waals surface area contributed by atoms with Crippen LogP contribution < -0.4 is 44.9 Å². The Morgan fingerprint density at radius 1 is 1.05 bits per heavy atom. The quantitative estimate of drug-likeness (QED) is 0.0288. The van der Waals surface area contributed by atoms with Crippen LogP contribution >= 0.6 is 65.5 Å². The van der Waals surface area contributed by atoms with Crippen LogP contribution in [0.3, 0.4) is 0 Å². The number of hydrogen-bond donors (Lipinski definition) is 6. The number of methoxy groups -OCH3 is 1. The highest BCUT2D eigenvalue weighted by atomic mass is 35.5. The van der Waals surface area contributed by atoms with Crippen LogP contribution in [0, 0.1) is 30.5 Å². The molecule has 30 heteroatoms. The van der Waals surface area contributed by atoms with Crippen molar-refractivity contribution >= 4 is 124 Å². The van der Waals surface area contributed by atoms with Crippen LogP contribution in [0.2, 0.25) is 5.28 Å². The number of para-hydroxylation sites is 3. The van der Waals surface area contributed by atoms with Crippen LogP contribution in [0.1, 0.15) is 72.3 Å². The number of benzene rings is 3. The summed E-state index contributed by atoms with van der Waals surface area (Å²) in [7, 11) is -2.46. The average Bonchev–Trinajstić information content (AvgIpc) is 2.20. The number of rotatable bonds is 17. The van der Waals surface area contributed by atoms with Gasteiger partial charge in [-0.2, -0.15) is 19.3 Å². The predicted molar refractivity (Wildman–Crippen MR) is 331 cm³/mol. The van der Waals surface area contributed by atoms with Crippen molar-refractivity contribution in [3.8, 4) is 23.8 Å². The number of alkyl halides is 3. The van der Waals surface area contributed by atoms with Gasteiger partial charge in [0.2, 0.25) is 27.9 Å². The van der Waals surface area contributed by atoms with E-state index in [0.717, 1.165) is 54.3 Å². The minimum absolute atomic E-state index is 0.0223. The standard InChI is InChI=1S/C18H17FN4O2S.C15H22ClNO2.C11H11Cl2NO2.C8H14ClN5.C3H8NO5P/c1-4-5-22-13-7-12(11(19)6-14(13)25-9-16(22)24)20-17-23-10-18(2,3)8-15(23)21-26-17;1-5-13-8-6-7-11(2)15(13)17(14(18)9-16)12(3)10-19-4;1-7-6-16-9-5-3-2-4-8(9)14(7)11(15)10(12)13;1-4-10-7-12-6(9)13-8(14-7)11-5(2)3;5-3(6)1-4-2-10(7,8)9/h1,6-7H,5,8-10H2,2-3H3;6-8,12H,5,9-10H2,1-4H3;2-5,7,10H,6H2,1H3;5H,4H2,1-3H3,(H2,10,11,12,13,14);4H,1-2H2,(H,5,6)(H2,7,8,9)/b20-17-;;;;. The van der Waals surface area contributed by atoms with Gasteiger partial charge in [0, 0.05) is 50.3 Å². The molecule has 3 amide bonds. The van der Waals surface area contributed by atoms with Crippen molar-refractivity contribution in [3.05, 3.63) is 87.5 Å². The first-order valence-electron chi connectivity index (χ1n) is 26.6. The zero-order chi connectivity index (χ0) is 63.3. The van der Waals surface area contributed by atoms with E-state index in [1.54, 1.807) is 16.9 Å². The van der Waals surface area contributed by atoms with Crippen molar-refractivity contribution in [2.45, 2.75) is 105 Å². The molecule has 5 heterocycles. The minimum Gasteiger partial charge on any atom is -0.489 e. The van der Waals surface area contributed by atoms with Gasteiger partial charge in [-0.15, -0.1) is 18.0 Å². The SMILES string of the molecule is C#CCN1C(=O)COc2cc(F)c(/N=c3\snc4n3CC(C)(C)C4)cc21.CC1COc2ccccc2N1C(=O)C(Cl)Cl.CCNc1nc(Cl)nc(NC(C)C)n1.CCc1cccc(C)c1N(C(=O)CCl)C(C)COC.O=C(O)CNCP(=O)(O)O. The van der Waals surface area contributed by atoms with Crippen LogP contribution in [-0.4, -0.2) is 144 Å². The number of amides is 3. The maximum absolute atomic E-state index is 14.5. The number of aromatic nitrogens is 5. The Kier molecular flexibility index (Phi) is 28.2. The summed E-state index contributed by atoms with van der Waals surface area (Å²) in [4.78, 5) is 83.1. The molecule has 85 heavy (non-hydrogen) atoms. The number of ether oxygens (including phenoxy) is 3. The second-order valence-corrected chi connectivity index (χ2v) is 24.2. The van der Waals surface area contributed by atoms with Gasteiger partial charge in [0.05, 0.1) is 55.1 Å². The predicted octanol–water partition coefficient (Wildman–Crippen LogP) is 8.60. The Hall–Kier alpha value is -6.17. The molecule has 6 N–H and O–H groups in total. The summed E-state index contributed by atoms with van der Waals surface area (Å²) < 4.78 is 47.1. The molecule has 464 valence electrons. The number of halogens is 5. The molecule has 3 aliphatic heterocycles. The van der Waals surface area contributed by atoms with E-state index in [1.165, 1.54) is 28.6 Å². The minimum atomic E-state index is -4.10. The van der Waals surface area contributed by atoms with Gasteiger partial charge in [-0.05, 0) is 94.3 Å². The number of carboxylic acids is 1. The second-order valence-electron chi connectivity index (χ2n) is 20.2. The molecule has 5 aromatic rings. The van der Waals surface area contributed by atoms with Crippen LogP contribution in [0.5, 0.6) is 11.5 Å². The number of terminal acetylenes is 1. The zero-order valence-corrected chi connectivity index (χ0v) is 53.5. The van der Waals surface area contributed by atoms with E-state index in [0.29, 0.717) is 47.1 Å². The molecular formula is C55H72Cl4FN12O11PS. The molecule has 0 spiro atoms. The Morgan fingerprint density at radius 3 is 2.35 bits per heavy atom. The van der Waals surface area contributed by atoms with Gasteiger partial charge in [-0.3, -0.25) is 34.0 Å². The van der Waals surface area contributed by atoms with Gasteiger partial charge in [0.1, 0.15) is 35.5 Å². The first-order chi connectivity index (χ1) is 40.1. The van der Waals surface area contributed by atoms with Gasteiger partial charge >= 0.3 is 13.6 Å². The third kappa shape index (κ3) is 21.6. The van der Waals surface area contributed by atoms with Crippen LogP contribution in [0.25, 0.3) is 0 Å². The topological polar surface area (TPSA) is 288 Å². The lowest BCUT2D eigenvalue weighted by Crippen LogP contribution is -2.47. The number of carbonyl (C=O) groups excluding carboxylic acids is 3. The molecule has 8 rings (SSSR count). The van der Waals surface area contributed by atoms with Crippen LogP contribution in [0.15, 0.2) is 59.6 Å². The lowest BCUT2D eigenvalue weighted by molar-refractivity contribution is -0.136. The van der Waals surface area contributed by atoms with Gasteiger partial charge in [-0.1, -0.05) is 80.2 Å². The molecule has 2 unspecified atom stereocenters. The van der Waals surface area contributed by atoms with E-state index < -0.39 is 37.0 Å². The average molecular weight is 1300 g/mol. The monoisotopic (exact) mass is 1300 g/mol. The van der Waals surface area contributed by atoms with E-state index in [2.05, 4.69) is 73.0 Å². The van der Waals surface area contributed by atoms with Crippen molar-refractivity contribution in [2.75, 3.05) is 84.1 Å². The maximum Gasteiger partial charge on any atom is 0.339 e. The number of nitrogens with zero attached hydrogens (tertiary/aromatic N) is 9. The van der Waals surface area contributed by atoms with Crippen molar-refractivity contribution < 1.29 is 57.2 Å². The second kappa shape index (κ2) is 33.7. The first-order valence-corrected chi connectivity index (χ1v) is 30.9. The summed E-state index contributed by atoms with van der Waals surface area (Å²) in [6, 6.07) is 16.3. The number of anilines is 5. The number of aryl methyl sites for hydroxylation is 2. The van der Waals surface area contributed by atoms with Gasteiger partial charge in [0.25, 0.3) is 11.8 Å². The normalized spacial score (nSPS) is 15.0. The van der Waals surface area contributed by atoms with E-state index >= 15 is 0 Å². The van der Waals surface area contributed by atoms with E-state index in [-0.39, 0.29) is 71.3 Å². The Bertz CT molecular complexity index is 3260. The molecule has 23 nitrogen and oxygen atoms in total. The molecule has 0 radical (unpaired) electrons. The smallest absolute Gasteiger partial charge is 0.339 e. The van der Waals surface area contributed by atoms with E-state index in [9.17, 15) is 28.1 Å². The Morgan fingerprint density at radius 2 is 1.74 bits per heavy atom. The fourth-order valence-electron chi connectivity index (χ4n) is 8.53. The zero-order valence-electron chi connectivity index (χ0n) is 48.7. The van der Waals surface area contributed by atoms with Crippen molar-refractivity contribution in [1.82, 2.24) is 29.2 Å². The highest BCUT2D eigenvalue weighted by Gasteiger charge is 2.34. The lowest BCUT2D eigenvalue weighted by atomic mass is 9.92. The molecule has 0 saturated heterocycles. The molecule has 3 aliphatic rings. The molecule has 0 saturated carbocycles. The van der Waals surface area contributed by atoms with Crippen LogP contribution in [-0.2, 0) is 47.9 Å². The first kappa shape index (κ1) is 71.3. The molecule has 2 aromatic heterocycles. The summed E-state index contributed by atoms with van der Waals surface area (Å²) in [6.45, 7) is 20.2. The largest absolute Gasteiger partial charge is 0.489 e. The summed E-state index contributed by atoms with van der Waals surface area (Å²) in [5, 5.41) is 16.3. The molecular weight excluding hydrogens is 1230 g/mol. The molecule has 3 aromatic carbocycles. The van der Waals surface area contributed by atoms with Gasteiger partial charge in [0.15, 0.2) is 17.3 Å². The molecule has 0 aliphatic carbocycles. The number of fused-ring (bicyclic) bond motifs is 3. The van der Waals surface area contributed by atoms with E-state index in [4.69, 9.17) is 81.9 Å². The molecule has 0 fully saturated rings. The van der Waals surface area contributed by atoms with Crippen molar-refractivity contribution in [3.63, 3.8) is 0 Å². The Balaban J connectivity index is 0.000000236. The molecule has 0 bridgehead atoms.